The van der Waals surface area contributed by atoms with Crippen LogP contribution in [0.5, 0.6) is 0 Å². The van der Waals surface area contributed by atoms with Crippen molar-refractivity contribution >= 4 is 5.97 Å². The molecule has 90 valence electrons. The van der Waals surface area contributed by atoms with Gasteiger partial charge in [0.1, 0.15) is 5.54 Å². The molecule has 3 heteroatoms. The van der Waals surface area contributed by atoms with E-state index in [0.717, 1.165) is 12.8 Å². The van der Waals surface area contributed by atoms with Crippen molar-refractivity contribution in [1.29, 1.82) is 0 Å². The molecule has 1 aliphatic carbocycles. The third-order valence-corrected chi connectivity index (χ3v) is 3.95. The number of nitrogens with one attached hydrogen (secondary N) is 1. The van der Waals surface area contributed by atoms with Gasteiger partial charge in [-0.15, -0.1) is 0 Å². The molecule has 2 saturated heterocycles. The van der Waals surface area contributed by atoms with Crippen LogP contribution in [0.25, 0.3) is 0 Å². The fourth-order valence-electron chi connectivity index (χ4n) is 3.12. The van der Waals surface area contributed by atoms with Gasteiger partial charge in [0.25, 0.3) is 0 Å². The SMILES string of the molecule is CCOC(=O)C12CC(C1)C(c1ccccc1)N2. The molecule has 2 aliphatic heterocycles. The Labute approximate surface area is 101 Å². The molecular weight excluding hydrogens is 214 g/mol. The number of esters is 1. The molecule has 2 heterocycles. The molecule has 0 spiro atoms. The lowest BCUT2D eigenvalue weighted by Gasteiger charge is -2.34. The van der Waals surface area contributed by atoms with Crippen LogP contribution in [0.3, 0.4) is 0 Å². The Morgan fingerprint density at radius 3 is 2.76 bits per heavy atom. The molecule has 0 radical (unpaired) electrons. The van der Waals surface area contributed by atoms with Crippen molar-refractivity contribution in [1.82, 2.24) is 5.32 Å². The van der Waals surface area contributed by atoms with Gasteiger partial charge in [0, 0.05) is 6.04 Å². The Hall–Kier alpha value is -1.35. The normalized spacial score (nSPS) is 34.2. The minimum atomic E-state index is -0.388. The summed E-state index contributed by atoms with van der Waals surface area (Å²) in [4.78, 5) is 11.9. The van der Waals surface area contributed by atoms with Crippen molar-refractivity contribution < 1.29 is 9.53 Å². The lowest BCUT2D eigenvalue weighted by atomic mass is 9.71. The van der Waals surface area contributed by atoms with E-state index in [0.29, 0.717) is 18.6 Å². The van der Waals surface area contributed by atoms with Gasteiger partial charge in [0.15, 0.2) is 0 Å². The number of fused-ring (bicyclic) bond motifs is 1. The predicted molar refractivity (Wildman–Crippen MR) is 64.4 cm³/mol. The first-order valence-corrected chi connectivity index (χ1v) is 6.25. The number of hydrogen-bond donors (Lipinski definition) is 1. The van der Waals surface area contributed by atoms with Crippen LogP contribution in [0.15, 0.2) is 30.3 Å². The number of benzene rings is 1. The van der Waals surface area contributed by atoms with Crippen LogP contribution in [0.4, 0.5) is 0 Å². The molecule has 1 aromatic rings. The summed E-state index contributed by atoms with van der Waals surface area (Å²) < 4.78 is 5.15. The van der Waals surface area contributed by atoms with Crippen molar-refractivity contribution in [2.24, 2.45) is 5.92 Å². The highest BCUT2D eigenvalue weighted by atomic mass is 16.5. The highest BCUT2D eigenvalue weighted by molar-refractivity contribution is 5.83. The van der Waals surface area contributed by atoms with Gasteiger partial charge < -0.3 is 4.74 Å². The zero-order valence-corrected chi connectivity index (χ0v) is 9.98. The third-order valence-electron chi connectivity index (χ3n) is 3.95. The zero-order chi connectivity index (χ0) is 11.9. The van der Waals surface area contributed by atoms with Gasteiger partial charge >= 0.3 is 5.97 Å². The van der Waals surface area contributed by atoms with Crippen molar-refractivity contribution in [3.05, 3.63) is 35.9 Å². The van der Waals surface area contributed by atoms with Crippen LogP contribution in [-0.4, -0.2) is 18.1 Å². The van der Waals surface area contributed by atoms with Crippen LogP contribution < -0.4 is 5.32 Å². The Bertz CT molecular complexity index is 423. The summed E-state index contributed by atoms with van der Waals surface area (Å²) in [5, 5.41) is 3.47. The molecule has 1 aromatic carbocycles. The summed E-state index contributed by atoms with van der Waals surface area (Å²) in [6, 6.07) is 10.7. The number of hydrogen-bond acceptors (Lipinski definition) is 3. The van der Waals surface area contributed by atoms with Crippen molar-refractivity contribution in [3.63, 3.8) is 0 Å². The van der Waals surface area contributed by atoms with E-state index in [1.54, 1.807) is 0 Å². The van der Waals surface area contributed by atoms with Gasteiger partial charge in [-0.3, -0.25) is 10.1 Å². The summed E-state index contributed by atoms with van der Waals surface area (Å²) in [6.07, 6.45) is 1.84. The van der Waals surface area contributed by atoms with Crippen molar-refractivity contribution in [3.8, 4) is 0 Å². The summed E-state index contributed by atoms with van der Waals surface area (Å²) in [7, 11) is 0. The minimum absolute atomic E-state index is 0.0744. The molecule has 1 atom stereocenters. The monoisotopic (exact) mass is 231 g/mol. The number of ether oxygens (including phenoxy) is 1. The van der Waals surface area contributed by atoms with Crippen molar-refractivity contribution in [2.45, 2.75) is 31.3 Å². The van der Waals surface area contributed by atoms with E-state index >= 15 is 0 Å². The Kier molecular flexibility index (Phi) is 2.44. The maximum atomic E-state index is 11.9. The Morgan fingerprint density at radius 2 is 2.12 bits per heavy atom. The van der Waals surface area contributed by atoms with Crippen LogP contribution in [0.2, 0.25) is 0 Å². The second-order valence-corrected chi connectivity index (χ2v) is 5.00. The summed E-state index contributed by atoms with van der Waals surface area (Å²) in [5.74, 6) is 0.511. The van der Waals surface area contributed by atoms with Gasteiger partial charge in [-0.2, -0.15) is 0 Å². The Balaban J connectivity index is 1.76. The number of rotatable bonds is 3. The van der Waals surface area contributed by atoms with Crippen LogP contribution in [0, 0.1) is 5.92 Å². The van der Waals surface area contributed by atoms with Crippen LogP contribution >= 0.6 is 0 Å². The molecule has 3 aliphatic rings. The maximum absolute atomic E-state index is 11.9. The summed E-state index contributed by atoms with van der Waals surface area (Å²) in [6.45, 7) is 2.32. The summed E-state index contributed by atoms with van der Waals surface area (Å²) >= 11 is 0. The highest BCUT2D eigenvalue weighted by Crippen LogP contribution is 2.53. The molecule has 0 amide bonds. The molecule has 1 saturated carbocycles. The van der Waals surface area contributed by atoms with E-state index in [1.165, 1.54) is 5.56 Å². The molecule has 4 rings (SSSR count). The molecular formula is C14H17NO2. The molecule has 3 nitrogen and oxygen atoms in total. The molecule has 1 N–H and O–H groups in total. The predicted octanol–water partition coefficient (Wildman–Crippen LogP) is 2.04. The van der Waals surface area contributed by atoms with E-state index in [-0.39, 0.29) is 11.5 Å². The largest absolute Gasteiger partial charge is 0.465 e. The van der Waals surface area contributed by atoms with Gasteiger partial charge in [-0.1, -0.05) is 30.3 Å². The fourth-order valence-corrected chi connectivity index (χ4v) is 3.12. The van der Waals surface area contributed by atoms with Gasteiger partial charge in [-0.05, 0) is 31.2 Å². The number of carbonyl (C=O) groups excluding carboxylic acids is 1. The maximum Gasteiger partial charge on any atom is 0.326 e. The first kappa shape index (κ1) is 10.8. The third kappa shape index (κ3) is 1.57. The van der Waals surface area contributed by atoms with Crippen molar-refractivity contribution in [2.75, 3.05) is 6.61 Å². The molecule has 17 heavy (non-hydrogen) atoms. The second kappa shape index (κ2) is 3.84. The smallest absolute Gasteiger partial charge is 0.326 e. The van der Waals surface area contributed by atoms with E-state index in [9.17, 15) is 4.79 Å². The highest BCUT2D eigenvalue weighted by Gasteiger charge is 2.61. The first-order valence-electron chi connectivity index (χ1n) is 6.25. The van der Waals surface area contributed by atoms with Crippen LogP contribution in [0.1, 0.15) is 31.4 Å². The van der Waals surface area contributed by atoms with Crippen LogP contribution in [-0.2, 0) is 9.53 Å². The topological polar surface area (TPSA) is 38.3 Å². The average Bonchev–Trinajstić information content (AvgIpc) is 2.86. The second-order valence-electron chi connectivity index (χ2n) is 5.00. The molecule has 2 bridgehead atoms. The summed E-state index contributed by atoms with van der Waals surface area (Å²) in [5.41, 5.74) is 0.891. The quantitative estimate of drug-likeness (QED) is 0.809. The van der Waals surface area contributed by atoms with Gasteiger partial charge in [0.2, 0.25) is 0 Å². The molecule has 3 fully saturated rings. The first-order chi connectivity index (χ1) is 8.25. The number of carbonyl (C=O) groups is 1. The minimum Gasteiger partial charge on any atom is -0.465 e. The molecule has 0 aromatic heterocycles. The lowest BCUT2D eigenvalue weighted by Crippen LogP contribution is -2.51. The standard InChI is InChI=1S/C14H17NO2/c1-2-17-13(16)14-8-11(9-14)12(15-14)10-6-4-3-5-7-10/h3-7,11-12,15H,2,8-9H2,1H3. The molecule has 1 unspecified atom stereocenters. The fraction of sp³-hybridized carbons (Fsp3) is 0.500. The van der Waals surface area contributed by atoms with E-state index in [4.69, 9.17) is 4.74 Å². The van der Waals surface area contributed by atoms with Gasteiger partial charge in [0.05, 0.1) is 6.61 Å². The van der Waals surface area contributed by atoms with Gasteiger partial charge in [-0.25, -0.2) is 0 Å². The van der Waals surface area contributed by atoms with E-state index < -0.39 is 0 Å². The lowest BCUT2D eigenvalue weighted by molar-refractivity contribution is -0.153. The average molecular weight is 231 g/mol. The zero-order valence-electron chi connectivity index (χ0n) is 9.98. The van der Waals surface area contributed by atoms with E-state index in [1.807, 2.05) is 25.1 Å². The Morgan fingerprint density at radius 1 is 1.41 bits per heavy atom. The van der Waals surface area contributed by atoms with E-state index in [2.05, 4.69) is 17.4 Å².